The van der Waals surface area contributed by atoms with Crippen LogP contribution in [-0.2, 0) is 11.3 Å². The van der Waals surface area contributed by atoms with Crippen LogP contribution in [0.4, 0.5) is 4.39 Å². The fourth-order valence-electron chi connectivity index (χ4n) is 2.41. The fraction of sp³-hybridized carbons (Fsp3) is 0.188. The highest BCUT2D eigenvalue weighted by Crippen LogP contribution is 2.25. The second-order valence-corrected chi connectivity index (χ2v) is 4.81. The molecule has 0 aliphatic carbocycles. The summed E-state index contributed by atoms with van der Waals surface area (Å²) in [5.41, 5.74) is 2.17. The van der Waals surface area contributed by atoms with E-state index in [1.54, 1.807) is 28.8 Å². The Labute approximate surface area is 120 Å². The number of rotatable bonds is 3. The summed E-state index contributed by atoms with van der Waals surface area (Å²) in [6.45, 7) is 2.06. The molecule has 0 N–H and O–H groups in total. The molecule has 4 nitrogen and oxygen atoms in total. The molecule has 0 aliphatic rings. The van der Waals surface area contributed by atoms with E-state index in [4.69, 9.17) is 9.15 Å². The largest absolute Gasteiger partial charge is 0.464 e. The molecule has 0 fully saturated rings. The minimum atomic E-state index is -0.476. The number of nitrogens with zero attached hydrogens (tertiary/aromatic N) is 1. The lowest BCUT2D eigenvalue weighted by molar-refractivity contribution is 0.0589. The fourth-order valence-corrected chi connectivity index (χ4v) is 2.41. The van der Waals surface area contributed by atoms with Crippen molar-refractivity contribution in [3.63, 3.8) is 0 Å². The molecule has 0 spiro atoms. The zero-order chi connectivity index (χ0) is 15.0. The quantitative estimate of drug-likeness (QED) is 0.692. The summed E-state index contributed by atoms with van der Waals surface area (Å²) in [4.78, 5) is 11.9. The molecule has 3 aromatic rings. The molecular formula is C16H14FNO3. The zero-order valence-corrected chi connectivity index (χ0v) is 11.7. The highest BCUT2D eigenvalue weighted by atomic mass is 19.1. The number of benzene rings is 1. The van der Waals surface area contributed by atoms with Crippen LogP contribution in [0.2, 0.25) is 0 Å². The molecule has 2 heterocycles. The third-order valence-electron chi connectivity index (χ3n) is 3.39. The van der Waals surface area contributed by atoms with Crippen LogP contribution >= 0.6 is 0 Å². The Kier molecular flexibility index (Phi) is 3.25. The van der Waals surface area contributed by atoms with E-state index in [9.17, 15) is 9.18 Å². The van der Waals surface area contributed by atoms with Gasteiger partial charge in [0.2, 0.25) is 0 Å². The second-order valence-electron chi connectivity index (χ2n) is 4.81. The maximum Gasteiger partial charge on any atom is 0.354 e. The van der Waals surface area contributed by atoms with Crippen molar-refractivity contribution in [1.82, 2.24) is 4.57 Å². The van der Waals surface area contributed by atoms with E-state index in [1.807, 2.05) is 13.0 Å². The minimum absolute atomic E-state index is 0.236. The van der Waals surface area contributed by atoms with Crippen LogP contribution < -0.4 is 0 Å². The zero-order valence-electron chi connectivity index (χ0n) is 11.7. The Morgan fingerprint density at radius 3 is 2.81 bits per heavy atom. The van der Waals surface area contributed by atoms with Crippen LogP contribution in [0, 0.1) is 12.7 Å². The van der Waals surface area contributed by atoms with Gasteiger partial charge in [0.15, 0.2) is 5.58 Å². The number of ether oxygens (including phenoxy) is 1. The minimum Gasteiger partial charge on any atom is -0.464 e. The lowest BCUT2D eigenvalue weighted by Crippen LogP contribution is -2.12. The van der Waals surface area contributed by atoms with Gasteiger partial charge in [-0.2, -0.15) is 0 Å². The molecule has 1 aromatic carbocycles. The average Bonchev–Trinajstić information content (AvgIpc) is 2.98. The predicted molar refractivity (Wildman–Crippen MR) is 75.8 cm³/mol. The third kappa shape index (κ3) is 2.31. The van der Waals surface area contributed by atoms with E-state index in [0.717, 1.165) is 11.3 Å². The number of carbonyl (C=O) groups excluding carboxylic acids is 1. The molecule has 5 heteroatoms. The highest BCUT2D eigenvalue weighted by molar-refractivity contribution is 5.94. The van der Waals surface area contributed by atoms with Crippen molar-refractivity contribution in [2.24, 2.45) is 0 Å². The van der Waals surface area contributed by atoms with E-state index in [2.05, 4.69) is 0 Å². The predicted octanol–water partition coefficient (Wildman–Crippen LogP) is 3.52. The molecule has 0 bridgehead atoms. The Bertz CT molecular complexity index is 816. The van der Waals surface area contributed by atoms with E-state index >= 15 is 0 Å². The number of hydrogen-bond acceptors (Lipinski definition) is 3. The first kappa shape index (κ1) is 13.4. The smallest absolute Gasteiger partial charge is 0.354 e. The van der Waals surface area contributed by atoms with E-state index in [-0.39, 0.29) is 12.4 Å². The van der Waals surface area contributed by atoms with Gasteiger partial charge >= 0.3 is 5.97 Å². The van der Waals surface area contributed by atoms with Crippen LogP contribution in [0.15, 0.2) is 40.8 Å². The van der Waals surface area contributed by atoms with E-state index in [0.29, 0.717) is 16.8 Å². The number of aromatic nitrogens is 1. The number of carbonyl (C=O) groups is 1. The Morgan fingerprint density at radius 1 is 1.33 bits per heavy atom. The first-order chi connectivity index (χ1) is 10.1. The van der Waals surface area contributed by atoms with Crippen molar-refractivity contribution in [3.8, 4) is 0 Å². The molecule has 3 rings (SSSR count). The number of aryl methyl sites for hydroxylation is 1. The van der Waals surface area contributed by atoms with Gasteiger partial charge in [-0.1, -0.05) is 18.2 Å². The molecular weight excluding hydrogens is 273 g/mol. The van der Waals surface area contributed by atoms with Gasteiger partial charge in [-0.15, -0.1) is 0 Å². The van der Waals surface area contributed by atoms with Gasteiger partial charge in [-0.3, -0.25) is 0 Å². The average molecular weight is 287 g/mol. The number of furan rings is 1. The topological polar surface area (TPSA) is 44.4 Å². The van der Waals surface area contributed by atoms with Crippen LogP contribution in [0.25, 0.3) is 11.1 Å². The van der Waals surface area contributed by atoms with Crippen LogP contribution in [0.1, 0.15) is 21.8 Å². The van der Waals surface area contributed by atoms with Crippen molar-refractivity contribution < 1.29 is 18.3 Å². The normalized spacial score (nSPS) is 11.0. The number of fused-ring (bicyclic) bond motifs is 1. The maximum atomic E-state index is 13.8. The molecule has 0 unspecified atom stereocenters. The molecule has 0 aliphatic heterocycles. The summed E-state index contributed by atoms with van der Waals surface area (Å²) >= 11 is 0. The summed E-state index contributed by atoms with van der Waals surface area (Å²) < 4.78 is 25.9. The lowest BCUT2D eigenvalue weighted by atomic mass is 10.2. The van der Waals surface area contributed by atoms with Gasteiger partial charge in [0.25, 0.3) is 0 Å². The van der Waals surface area contributed by atoms with Gasteiger partial charge in [0, 0.05) is 17.7 Å². The highest BCUT2D eigenvalue weighted by Gasteiger charge is 2.19. The van der Waals surface area contributed by atoms with Crippen LogP contribution in [-0.4, -0.2) is 17.6 Å². The number of esters is 1. The standard InChI is InChI=1S/C16H14FNO3/c1-10-7-13-15(21-10)8-14(16(19)20-2)18(13)9-11-5-3-4-6-12(11)17/h3-8H,9H2,1-2H3. The van der Waals surface area contributed by atoms with Gasteiger partial charge in [-0.25, -0.2) is 9.18 Å². The summed E-state index contributed by atoms with van der Waals surface area (Å²) in [6, 6.07) is 9.92. The molecule has 0 amide bonds. The van der Waals surface area contributed by atoms with Gasteiger partial charge in [0.1, 0.15) is 17.3 Å². The SMILES string of the molecule is COC(=O)c1cc2oc(C)cc2n1Cc1ccccc1F. The summed E-state index contributed by atoms with van der Waals surface area (Å²) in [5.74, 6) is -0.0514. The third-order valence-corrected chi connectivity index (χ3v) is 3.39. The number of halogens is 1. The first-order valence-electron chi connectivity index (χ1n) is 6.51. The Hall–Kier alpha value is -2.56. The second kappa shape index (κ2) is 5.09. The van der Waals surface area contributed by atoms with E-state index in [1.165, 1.54) is 13.2 Å². The molecule has 0 saturated heterocycles. The summed E-state index contributed by atoms with van der Waals surface area (Å²) in [5, 5.41) is 0. The van der Waals surface area contributed by atoms with Crippen LogP contribution in [0.5, 0.6) is 0 Å². The summed E-state index contributed by atoms with van der Waals surface area (Å²) in [7, 11) is 1.32. The maximum absolute atomic E-state index is 13.8. The molecule has 2 aromatic heterocycles. The Balaban J connectivity index is 2.14. The number of methoxy groups -OCH3 is 1. The molecule has 0 atom stereocenters. The van der Waals surface area contributed by atoms with Crippen molar-refractivity contribution in [2.75, 3.05) is 7.11 Å². The summed E-state index contributed by atoms with van der Waals surface area (Å²) in [6.07, 6.45) is 0. The van der Waals surface area contributed by atoms with Crippen molar-refractivity contribution in [1.29, 1.82) is 0 Å². The number of hydrogen-bond donors (Lipinski definition) is 0. The van der Waals surface area contributed by atoms with Gasteiger partial charge in [0.05, 0.1) is 19.2 Å². The monoisotopic (exact) mass is 287 g/mol. The molecule has 0 radical (unpaired) electrons. The Morgan fingerprint density at radius 2 is 2.10 bits per heavy atom. The molecule has 108 valence electrons. The van der Waals surface area contributed by atoms with E-state index < -0.39 is 5.97 Å². The van der Waals surface area contributed by atoms with Gasteiger partial charge in [-0.05, 0) is 13.0 Å². The van der Waals surface area contributed by atoms with Gasteiger partial charge < -0.3 is 13.7 Å². The van der Waals surface area contributed by atoms with Crippen molar-refractivity contribution >= 4 is 17.1 Å². The van der Waals surface area contributed by atoms with Crippen molar-refractivity contribution in [2.45, 2.75) is 13.5 Å². The lowest BCUT2D eigenvalue weighted by Gasteiger charge is -2.09. The molecule has 21 heavy (non-hydrogen) atoms. The van der Waals surface area contributed by atoms with Crippen LogP contribution in [0.3, 0.4) is 0 Å². The van der Waals surface area contributed by atoms with Crippen molar-refractivity contribution in [3.05, 3.63) is 59.2 Å². The first-order valence-corrected chi connectivity index (χ1v) is 6.51. The molecule has 0 saturated carbocycles.